The fourth-order valence-electron chi connectivity index (χ4n) is 2.00. The molecule has 0 spiro atoms. The van der Waals surface area contributed by atoms with Gasteiger partial charge in [0.2, 0.25) is 0 Å². The Bertz CT molecular complexity index is 552. The molecular weight excluding hydrogens is 188 g/mol. The van der Waals surface area contributed by atoms with Gasteiger partial charge in [-0.15, -0.1) is 0 Å². The number of amides is 1. The summed E-state index contributed by atoms with van der Waals surface area (Å²) < 4.78 is 1.99. The first kappa shape index (κ1) is 9.77. The third kappa shape index (κ3) is 1.31. The van der Waals surface area contributed by atoms with Crippen LogP contribution in [0.2, 0.25) is 0 Å². The molecule has 1 heterocycles. The van der Waals surface area contributed by atoms with Gasteiger partial charge in [-0.1, -0.05) is 11.6 Å². The lowest BCUT2D eigenvalue weighted by Crippen LogP contribution is -2.12. The van der Waals surface area contributed by atoms with Crippen LogP contribution in [0.15, 0.2) is 18.2 Å². The zero-order valence-corrected chi connectivity index (χ0v) is 9.16. The molecule has 0 unspecified atom stereocenters. The van der Waals surface area contributed by atoms with Crippen molar-refractivity contribution in [3.05, 3.63) is 35.0 Å². The lowest BCUT2D eigenvalue weighted by Gasteiger charge is -1.98. The van der Waals surface area contributed by atoms with E-state index in [4.69, 9.17) is 5.73 Å². The Morgan fingerprint density at radius 3 is 2.60 bits per heavy atom. The minimum atomic E-state index is -0.358. The van der Waals surface area contributed by atoms with Gasteiger partial charge in [0.15, 0.2) is 0 Å². The van der Waals surface area contributed by atoms with Crippen molar-refractivity contribution in [1.29, 1.82) is 0 Å². The first-order valence-electron chi connectivity index (χ1n) is 4.88. The number of primary amides is 1. The summed E-state index contributed by atoms with van der Waals surface area (Å²) in [6.07, 6.45) is 0. The van der Waals surface area contributed by atoms with Crippen molar-refractivity contribution in [3.8, 4) is 0 Å². The minimum absolute atomic E-state index is 0.358. The highest BCUT2D eigenvalue weighted by molar-refractivity contribution is 6.07. The number of carbonyl (C=O) groups excluding carboxylic acids is 1. The maximum absolute atomic E-state index is 11.4. The molecule has 2 aromatic rings. The minimum Gasteiger partial charge on any atom is -0.366 e. The molecule has 2 rings (SSSR count). The number of hydrogen-bond acceptors (Lipinski definition) is 1. The number of carbonyl (C=O) groups is 1. The number of nitrogens with zero attached hydrogens (tertiary/aromatic N) is 1. The molecule has 2 N–H and O–H groups in total. The van der Waals surface area contributed by atoms with Crippen LogP contribution in [0.3, 0.4) is 0 Å². The fraction of sp³-hybridized carbons (Fsp3) is 0.250. The molecule has 0 aliphatic heterocycles. The summed E-state index contributed by atoms with van der Waals surface area (Å²) in [5, 5.41) is 0.947. The van der Waals surface area contributed by atoms with E-state index in [1.165, 1.54) is 0 Å². The van der Waals surface area contributed by atoms with E-state index in [1.807, 2.05) is 43.7 Å². The van der Waals surface area contributed by atoms with E-state index in [2.05, 4.69) is 0 Å². The lowest BCUT2D eigenvalue weighted by molar-refractivity contribution is 0.100. The largest absolute Gasteiger partial charge is 0.366 e. The fourth-order valence-corrected chi connectivity index (χ4v) is 2.00. The second-order valence-electron chi connectivity index (χ2n) is 3.90. The molecule has 0 saturated heterocycles. The van der Waals surface area contributed by atoms with E-state index in [9.17, 15) is 4.79 Å². The number of hydrogen-bond donors (Lipinski definition) is 1. The summed E-state index contributed by atoms with van der Waals surface area (Å²) in [7, 11) is 1.94. The predicted octanol–water partition coefficient (Wildman–Crippen LogP) is 1.89. The van der Waals surface area contributed by atoms with Crippen LogP contribution >= 0.6 is 0 Å². The number of aromatic nitrogens is 1. The molecule has 1 aromatic heterocycles. The topological polar surface area (TPSA) is 48.0 Å². The summed E-state index contributed by atoms with van der Waals surface area (Å²) in [4.78, 5) is 11.4. The standard InChI is InChI=1S/C12H14N2O/c1-7-4-5-10-9(6-7)11(12(13)15)8(2)14(10)3/h4-6H,1-3H3,(H2,13,15). The van der Waals surface area contributed by atoms with Gasteiger partial charge in [0, 0.05) is 23.6 Å². The quantitative estimate of drug-likeness (QED) is 0.754. The molecular formula is C12H14N2O. The van der Waals surface area contributed by atoms with E-state index < -0.39 is 0 Å². The van der Waals surface area contributed by atoms with Gasteiger partial charge >= 0.3 is 0 Å². The van der Waals surface area contributed by atoms with Crippen molar-refractivity contribution in [1.82, 2.24) is 4.57 Å². The Labute approximate surface area is 88.5 Å². The number of aryl methyl sites for hydroxylation is 2. The van der Waals surface area contributed by atoms with Gasteiger partial charge in [-0.05, 0) is 26.0 Å². The second-order valence-corrected chi connectivity index (χ2v) is 3.90. The van der Waals surface area contributed by atoms with Gasteiger partial charge in [-0.3, -0.25) is 4.79 Å². The number of benzene rings is 1. The van der Waals surface area contributed by atoms with Crippen molar-refractivity contribution < 1.29 is 4.79 Å². The number of rotatable bonds is 1. The highest BCUT2D eigenvalue weighted by atomic mass is 16.1. The van der Waals surface area contributed by atoms with E-state index >= 15 is 0 Å². The summed E-state index contributed by atoms with van der Waals surface area (Å²) in [6, 6.07) is 6.05. The van der Waals surface area contributed by atoms with Crippen LogP contribution in [-0.4, -0.2) is 10.5 Å². The van der Waals surface area contributed by atoms with Crippen molar-refractivity contribution >= 4 is 16.8 Å². The predicted molar refractivity (Wildman–Crippen MR) is 60.9 cm³/mol. The third-order valence-corrected chi connectivity index (χ3v) is 2.89. The monoisotopic (exact) mass is 202 g/mol. The molecule has 1 aromatic carbocycles. The van der Waals surface area contributed by atoms with E-state index in [0.717, 1.165) is 22.2 Å². The van der Waals surface area contributed by atoms with Crippen molar-refractivity contribution in [2.45, 2.75) is 13.8 Å². The molecule has 0 fully saturated rings. The van der Waals surface area contributed by atoms with Gasteiger partial charge in [-0.2, -0.15) is 0 Å². The maximum atomic E-state index is 11.4. The van der Waals surface area contributed by atoms with Crippen LogP contribution < -0.4 is 5.73 Å². The highest BCUT2D eigenvalue weighted by Gasteiger charge is 2.15. The first-order valence-corrected chi connectivity index (χ1v) is 4.88. The van der Waals surface area contributed by atoms with Crippen LogP contribution in [0.1, 0.15) is 21.6 Å². The third-order valence-electron chi connectivity index (χ3n) is 2.89. The van der Waals surface area contributed by atoms with Crippen LogP contribution in [0.5, 0.6) is 0 Å². The van der Waals surface area contributed by atoms with Crippen LogP contribution in [0.4, 0.5) is 0 Å². The average molecular weight is 202 g/mol. The summed E-state index contributed by atoms with van der Waals surface area (Å²) >= 11 is 0. The first-order chi connectivity index (χ1) is 7.02. The highest BCUT2D eigenvalue weighted by Crippen LogP contribution is 2.25. The molecule has 3 heteroatoms. The molecule has 1 amide bonds. The van der Waals surface area contributed by atoms with Crippen molar-refractivity contribution in [3.63, 3.8) is 0 Å². The Hall–Kier alpha value is -1.77. The van der Waals surface area contributed by atoms with Gasteiger partial charge < -0.3 is 10.3 Å². The van der Waals surface area contributed by atoms with Crippen molar-refractivity contribution in [2.24, 2.45) is 12.8 Å². The normalized spacial score (nSPS) is 10.9. The summed E-state index contributed by atoms with van der Waals surface area (Å²) in [5.41, 5.74) is 9.13. The van der Waals surface area contributed by atoms with Crippen LogP contribution in [0.25, 0.3) is 10.9 Å². The average Bonchev–Trinajstić information content (AvgIpc) is 2.39. The van der Waals surface area contributed by atoms with E-state index in [1.54, 1.807) is 0 Å². The Kier molecular flexibility index (Phi) is 2.03. The molecule has 3 nitrogen and oxygen atoms in total. The smallest absolute Gasteiger partial charge is 0.251 e. The Morgan fingerprint density at radius 1 is 1.33 bits per heavy atom. The zero-order valence-electron chi connectivity index (χ0n) is 9.16. The lowest BCUT2D eigenvalue weighted by atomic mass is 10.1. The van der Waals surface area contributed by atoms with Crippen molar-refractivity contribution in [2.75, 3.05) is 0 Å². The molecule has 0 aliphatic rings. The summed E-state index contributed by atoms with van der Waals surface area (Å²) in [6.45, 7) is 3.92. The molecule has 0 atom stereocenters. The number of nitrogens with two attached hydrogens (primary N) is 1. The number of fused-ring (bicyclic) bond motifs is 1. The molecule has 0 aliphatic carbocycles. The van der Waals surface area contributed by atoms with Crippen LogP contribution in [-0.2, 0) is 7.05 Å². The second kappa shape index (κ2) is 3.12. The maximum Gasteiger partial charge on any atom is 0.251 e. The molecule has 0 bridgehead atoms. The van der Waals surface area contributed by atoms with E-state index in [0.29, 0.717) is 5.56 Å². The molecule has 15 heavy (non-hydrogen) atoms. The van der Waals surface area contributed by atoms with Gasteiger partial charge in [0.05, 0.1) is 5.56 Å². The molecule has 78 valence electrons. The van der Waals surface area contributed by atoms with Gasteiger partial charge in [-0.25, -0.2) is 0 Å². The molecule has 0 saturated carbocycles. The van der Waals surface area contributed by atoms with Gasteiger partial charge in [0.25, 0.3) is 5.91 Å². The zero-order chi connectivity index (χ0) is 11.2. The Balaban J connectivity index is 2.95. The van der Waals surface area contributed by atoms with Gasteiger partial charge in [0.1, 0.15) is 0 Å². The SMILES string of the molecule is Cc1ccc2c(c1)c(C(N)=O)c(C)n2C. The Morgan fingerprint density at radius 2 is 2.00 bits per heavy atom. The summed E-state index contributed by atoms with van der Waals surface area (Å²) in [5.74, 6) is -0.358. The van der Waals surface area contributed by atoms with E-state index in [-0.39, 0.29) is 5.91 Å². The van der Waals surface area contributed by atoms with Crippen LogP contribution in [0, 0.1) is 13.8 Å². The molecule has 0 radical (unpaired) electrons.